The van der Waals surface area contributed by atoms with Crippen LogP contribution in [0.25, 0.3) is 0 Å². The van der Waals surface area contributed by atoms with E-state index in [1.165, 1.54) is 32.4 Å². The molecule has 1 aromatic rings. The number of methoxy groups -OCH3 is 3. The number of urea groups is 1. The molecule has 2 amide bonds. The minimum Gasteiger partial charge on any atom is -0.465 e. The molecule has 0 aliphatic carbocycles. The summed E-state index contributed by atoms with van der Waals surface area (Å²) in [6.07, 6.45) is 0.691. The molecule has 0 saturated carbocycles. The third kappa shape index (κ3) is 5.54. The molecule has 24 heavy (non-hydrogen) atoms. The van der Waals surface area contributed by atoms with E-state index in [4.69, 9.17) is 4.74 Å². The lowest BCUT2D eigenvalue weighted by molar-refractivity contribution is 0.0599. The Morgan fingerprint density at radius 2 is 1.54 bits per heavy atom. The molecule has 0 aliphatic heterocycles. The van der Waals surface area contributed by atoms with Gasteiger partial charge in [0, 0.05) is 12.8 Å². The summed E-state index contributed by atoms with van der Waals surface area (Å²) in [6, 6.07) is 3.53. The Kier molecular flexibility index (Phi) is 7.70. The van der Waals surface area contributed by atoms with Crippen LogP contribution in [-0.2, 0) is 14.2 Å². The SMILES string of the molecule is CCC(COC)NC(=O)Nc1cc(C(=O)OC)cc(C(=O)OC)c1. The summed E-state index contributed by atoms with van der Waals surface area (Å²) >= 11 is 0. The lowest BCUT2D eigenvalue weighted by Crippen LogP contribution is -2.40. The second-order valence-corrected chi connectivity index (χ2v) is 4.94. The lowest BCUT2D eigenvalue weighted by atomic mass is 10.1. The van der Waals surface area contributed by atoms with E-state index < -0.39 is 18.0 Å². The molecule has 0 radical (unpaired) electrons. The van der Waals surface area contributed by atoms with Crippen molar-refractivity contribution in [3.8, 4) is 0 Å². The number of anilines is 1. The average molecular weight is 338 g/mol. The first kappa shape index (κ1) is 19.4. The fourth-order valence-electron chi connectivity index (χ4n) is 1.99. The van der Waals surface area contributed by atoms with E-state index in [9.17, 15) is 14.4 Å². The molecule has 0 bridgehead atoms. The second kappa shape index (κ2) is 9.51. The monoisotopic (exact) mass is 338 g/mol. The van der Waals surface area contributed by atoms with Gasteiger partial charge in [0.05, 0.1) is 38.0 Å². The van der Waals surface area contributed by atoms with Gasteiger partial charge in [-0.3, -0.25) is 0 Å². The van der Waals surface area contributed by atoms with E-state index in [1.807, 2.05) is 6.92 Å². The molecule has 2 N–H and O–H groups in total. The third-order valence-corrected chi connectivity index (χ3v) is 3.23. The Bertz CT molecular complexity index is 568. The van der Waals surface area contributed by atoms with Gasteiger partial charge < -0.3 is 24.8 Å². The highest BCUT2D eigenvalue weighted by atomic mass is 16.5. The smallest absolute Gasteiger partial charge is 0.337 e. The zero-order valence-electron chi connectivity index (χ0n) is 14.2. The van der Waals surface area contributed by atoms with Gasteiger partial charge in [0.1, 0.15) is 0 Å². The molecule has 1 aromatic carbocycles. The van der Waals surface area contributed by atoms with Gasteiger partial charge in [-0.05, 0) is 24.6 Å². The number of nitrogens with one attached hydrogen (secondary N) is 2. The van der Waals surface area contributed by atoms with Crippen LogP contribution < -0.4 is 10.6 Å². The first-order valence-corrected chi connectivity index (χ1v) is 7.33. The maximum atomic E-state index is 12.0. The summed E-state index contributed by atoms with van der Waals surface area (Å²) in [6.45, 7) is 2.29. The fraction of sp³-hybridized carbons (Fsp3) is 0.438. The van der Waals surface area contributed by atoms with E-state index in [2.05, 4.69) is 20.1 Å². The molecular formula is C16H22N2O6. The van der Waals surface area contributed by atoms with Crippen LogP contribution in [0, 0.1) is 0 Å². The number of esters is 2. The summed E-state index contributed by atoms with van der Waals surface area (Å²) < 4.78 is 14.3. The van der Waals surface area contributed by atoms with Crippen molar-refractivity contribution in [2.75, 3.05) is 33.3 Å². The van der Waals surface area contributed by atoms with Gasteiger partial charge in [0.2, 0.25) is 0 Å². The van der Waals surface area contributed by atoms with Crippen molar-refractivity contribution >= 4 is 23.7 Å². The summed E-state index contributed by atoms with van der Waals surface area (Å²) in [4.78, 5) is 35.5. The van der Waals surface area contributed by atoms with Crippen molar-refractivity contribution in [2.24, 2.45) is 0 Å². The summed E-state index contributed by atoms with van der Waals surface area (Å²) in [5, 5.41) is 5.32. The minimum atomic E-state index is -0.630. The van der Waals surface area contributed by atoms with Crippen LogP contribution in [0.5, 0.6) is 0 Å². The second-order valence-electron chi connectivity index (χ2n) is 4.94. The molecule has 8 nitrogen and oxygen atoms in total. The molecule has 0 aromatic heterocycles. The Balaban J connectivity index is 2.98. The summed E-state index contributed by atoms with van der Waals surface area (Å²) in [7, 11) is 4.00. The lowest BCUT2D eigenvalue weighted by Gasteiger charge is -2.17. The van der Waals surface area contributed by atoms with Crippen molar-refractivity contribution in [1.29, 1.82) is 0 Å². The molecule has 1 rings (SSSR count). The predicted molar refractivity (Wildman–Crippen MR) is 87.2 cm³/mol. The maximum absolute atomic E-state index is 12.0. The van der Waals surface area contributed by atoms with Crippen molar-refractivity contribution in [1.82, 2.24) is 5.32 Å². The highest BCUT2D eigenvalue weighted by Crippen LogP contribution is 2.17. The normalized spacial score (nSPS) is 11.3. The van der Waals surface area contributed by atoms with Gasteiger partial charge in [0.15, 0.2) is 0 Å². The van der Waals surface area contributed by atoms with Crippen LogP contribution in [-0.4, -0.2) is 51.9 Å². The van der Waals surface area contributed by atoms with Gasteiger partial charge in [-0.2, -0.15) is 0 Å². The first-order chi connectivity index (χ1) is 11.4. The van der Waals surface area contributed by atoms with E-state index in [0.717, 1.165) is 0 Å². The predicted octanol–water partition coefficient (Wildman–Crippen LogP) is 1.81. The van der Waals surface area contributed by atoms with Crippen molar-refractivity contribution in [2.45, 2.75) is 19.4 Å². The van der Waals surface area contributed by atoms with Crippen LogP contribution in [0.15, 0.2) is 18.2 Å². The quantitative estimate of drug-likeness (QED) is 0.735. The van der Waals surface area contributed by atoms with Gasteiger partial charge in [-0.1, -0.05) is 6.92 Å². The minimum absolute atomic E-state index is 0.125. The fourth-order valence-corrected chi connectivity index (χ4v) is 1.99. The van der Waals surface area contributed by atoms with Crippen LogP contribution in [0.4, 0.5) is 10.5 Å². The number of carbonyl (C=O) groups excluding carboxylic acids is 3. The Hall–Kier alpha value is -2.61. The summed E-state index contributed by atoms with van der Waals surface area (Å²) in [5.41, 5.74) is 0.516. The Morgan fingerprint density at radius 1 is 1.00 bits per heavy atom. The molecule has 132 valence electrons. The van der Waals surface area contributed by atoms with Gasteiger partial charge in [-0.25, -0.2) is 14.4 Å². The molecule has 8 heteroatoms. The molecule has 0 heterocycles. The zero-order valence-corrected chi connectivity index (χ0v) is 14.2. The van der Waals surface area contributed by atoms with Gasteiger partial charge in [-0.15, -0.1) is 0 Å². The highest BCUT2D eigenvalue weighted by Gasteiger charge is 2.16. The number of hydrogen-bond donors (Lipinski definition) is 2. The standard InChI is InChI=1S/C16H22N2O6/c1-5-12(9-22-2)17-16(21)18-13-7-10(14(19)23-3)6-11(8-13)15(20)24-4/h6-8,12H,5,9H2,1-4H3,(H2,17,18,21). The number of benzene rings is 1. The maximum Gasteiger partial charge on any atom is 0.337 e. The number of carbonyl (C=O) groups is 3. The molecule has 0 spiro atoms. The Morgan fingerprint density at radius 3 is 1.96 bits per heavy atom. The molecule has 1 atom stereocenters. The number of rotatable bonds is 7. The van der Waals surface area contributed by atoms with Crippen LogP contribution in [0.3, 0.4) is 0 Å². The molecule has 0 fully saturated rings. The largest absolute Gasteiger partial charge is 0.465 e. The molecular weight excluding hydrogens is 316 g/mol. The topological polar surface area (TPSA) is 103 Å². The van der Waals surface area contributed by atoms with Crippen molar-refractivity contribution in [3.63, 3.8) is 0 Å². The van der Waals surface area contributed by atoms with Gasteiger partial charge >= 0.3 is 18.0 Å². The van der Waals surface area contributed by atoms with E-state index >= 15 is 0 Å². The number of amides is 2. The van der Waals surface area contributed by atoms with Crippen molar-refractivity contribution < 1.29 is 28.6 Å². The van der Waals surface area contributed by atoms with E-state index in [1.54, 1.807) is 7.11 Å². The summed E-state index contributed by atoms with van der Waals surface area (Å²) in [5.74, 6) is -1.26. The van der Waals surface area contributed by atoms with Gasteiger partial charge in [0.25, 0.3) is 0 Å². The van der Waals surface area contributed by atoms with Crippen LogP contribution in [0.1, 0.15) is 34.1 Å². The van der Waals surface area contributed by atoms with E-state index in [-0.39, 0.29) is 22.9 Å². The average Bonchev–Trinajstić information content (AvgIpc) is 2.59. The third-order valence-electron chi connectivity index (χ3n) is 3.23. The molecule has 1 unspecified atom stereocenters. The number of hydrogen-bond acceptors (Lipinski definition) is 6. The molecule has 0 aliphatic rings. The zero-order chi connectivity index (χ0) is 18.1. The van der Waals surface area contributed by atoms with Crippen molar-refractivity contribution in [3.05, 3.63) is 29.3 Å². The highest BCUT2D eigenvalue weighted by molar-refractivity contribution is 5.99. The van der Waals surface area contributed by atoms with Crippen LogP contribution >= 0.6 is 0 Å². The van der Waals surface area contributed by atoms with Crippen LogP contribution in [0.2, 0.25) is 0 Å². The Labute approximate surface area is 140 Å². The number of ether oxygens (including phenoxy) is 3. The molecule has 0 saturated heterocycles. The van der Waals surface area contributed by atoms with E-state index in [0.29, 0.717) is 13.0 Å². The first-order valence-electron chi connectivity index (χ1n) is 7.33.